The summed E-state index contributed by atoms with van der Waals surface area (Å²) in [5, 5.41) is 4.26. The largest absolute Gasteiger partial charge is 0.333 e. The van der Waals surface area contributed by atoms with Crippen molar-refractivity contribution in [3.63, 3.8) is 0 Å². The quantitative estimate of drug-likeness (QED) is 0.514. The third kappa shape index (κ3) is 3.99. The summed E-state index contributed by atoms with van der Waals surface area (Å²) in [4.78, 5) is 4.28. The highest BCUT2D eigenvalue weighted by Crippen LogP contribution is 2.26. The molecule has 1 N–H and O–H groups in total. The van der Waals surface area contributed by atoms with E-state index in [1.165, 1.54) is 0 Å². The zero-order valence-electron chi connectivity index (χ0n) is 17.1. The number of nitrogens with zero attached hydrogens (tertiary/aromatic N) is 4. The van der Waals surface area contributed by atoms with Crippen molar-refractivity contribution in [1.29, 1.82) is 0 Å². The molecule has 2 heterocycles. The summed E-state index contributed by atoms with van der Waals surface area (Å²) in [6.07, 6.45) is 5.46. The van der Waals surface area contributed by atoms with Crippen LogP contribution < -0.4 is 4.72 Å². The minimum Gasteiger partial charge on any atom is -0.333 e. The van der Waals surface area contributed by atoms with Crippen LogP contribution in [0.4, 0.5) is 5.69 Å². The molecule has 4 rings (SSSR count). The first-order chi connectivity index (χ1) is 14.3. The molecule has 0 bridgehead atoms. The third-order valence-corrected chi connectivity index (χ3v) is 6.46. The fourth-order valence-corrected chi connectivity index (χ4v) is 4.56. The lowest BCUT2D eigenvalue weighted by molar-refractivity contribution is 0.601. The molecule has 154 valence electrons. The second-order valence-corrected chi connectivity index (χ2v) is 8.92. The van der Waals surface area contributed by atoms with Gasteiger partial charge in [0.25, 0.3) is 10.0 Å². The Bertz CT molecular complexity index is 1270. The van der Waals surface area contributed by atoms with Crippen molar-refractivity contribution in [2.24, 2.45) is 7.05 Å². The maximum atomic E-state index is 12.8. The van der Waals surface area contributed by atoms with E-state index < -0.39 is 10.0 Å². The van der Waals surface area contributed by atoms with Crippen LogP contribution in [0.15, 0.2) is 72.1 Å². The topological polar surface area (TPSA) is 81.8 Å². The molecule has 0 aliphatic carbocycles. The predicted molar refractivity (Wildman–Crippen MR) is 117 cm³/mol. The number of hydrogen-bond acceptors (Lipinski definition) is 4. The van der Waals surface area contributed by atoms with Gasteiger partial charge < -0.3 is 4.57 Å². The molecule has 0 aliphatic rings. The molecule has 0 amide bonds. The Morgan fingerprint density at radius 1 is 1.03 bits per heavy atom. The first-order valence-electron chi connectivity index (χ1n) is 9.51. The number of anilines is 1. The van der Waals surface area contributed by atoms with Gasteiger partial charge in [0.2, 0.25) is 0 Å². The summed E-state index contributed by atoms with van der Waals surface area (Å²) in [7, 11) is -1.91. The first-order valence-corrected chi connectivity index (χ1v) is 11.0. The number of aromatic nitrogens is 4. The molecule has 2 aromatic heterocycles. The first kappa shape index (κ1) is 19.9. The fourth-order valence-electron chi connectivity index (χ4n) is 3.38. The highest BCUT2D eigenvalue weighted by molar-refractivity contribution is 7.92. The number of rotatable bonds is 6. The van der Waals surface area contributed by atoms with Crippen molar-refractivity contribution in [3.8, 4) is 11.1 Å². The highest BCUT2D eigenvalue weighted by Gasteiger charge is 2.19. The van der Waals surface area contributed by atoms with E-state index in [0.717, 1.165) is 28.9 Å². The van der Waals surface area contributed by atoms with Crippen molar-refractivity contribution in [2.45, 2.75) is 25.3 Å². The number of aryl methyl sites for hydroxylation is 2. The summed E-state index contributed by atoms with van der Waals surface area (Å²) < 4.78 is 32.0. The van der Waals surface area contributed by atoms with E-state index in [2.05, 4.69) is 26.9 Å². The molecule has 2 aromatic carbocycles. The van der Waals surface area contributed by atoms with Crippen molar-refractivity contribution in [2.75, 3.05) is 4.72 Å². The van der Waals surface area contributed by atoms with E-state index in [-0.39, 0.29) is 4.90 Å². The Hall–Kier alpha value is -3.39. The zero-order valence-corrected chi connectivity index (χ0v) is 17.9. The molecule has 0 spiro atoms. The highest BCUT2D eigenvalue weighted by atomic mass is 32.2. The predicted octanol–water partition coefficient (Wildman–Crippen LogP) is 3.75. The lowest BCUT2D eigenvalue weighted by Crippen LogP contribution is -2.14. The molecule has 0 aliphatic heterocycles. The average Bonchev–Trinajstić information content (AvgIpc) is 3.32. The Kier molecular flexibility index (Phi) is 5.17. The third-order valence-electron chi connectivity index (χ3n) is 5.09. The normalized spacial score (nSPS) is 11.6. The van der Waals surface area contributed by atoms with Crippen molar-refractivity contribution < 1.29 is 8.42 Å². The molecular formula is C22H23N5O2S. The van der Waals surface area contributed by atoms with E-state index in [4.69, 9.17) is 0 Å². The minimum absolute atomic E-state index is 0.212. The number of imidazole rings is 1. The van der Waals surface area contributed by atoms with Gasteiger partial charge in [-0.2, -0.15) is 5.10 Å². The van der Waals surface area contributed by atoms with Crippen LogP contribution in [0, 0.1) is 13.8 Å². The van der Waals surface area contributed by atoms with Gasteiger partial charge in [-0.25, -0.2) is 13.4 Å². The van der Waals surface area contributed by atoms with E-state index >= 15 is 0 Å². The molecular weight excluding hydrogens is 398 g/mol. The molecule has 4 aromatic rings. The van der Waals surface area contributed by atoms with Gasteiger partial charge in [0, 0.05) is 26.0 Å². The SMILES string of the molecule is Cc1nn(C)c(C)c1NS(=O)(=O)c1ccc(-c2cccc(Cn3ccnc3)c2)cc1. The van der Waals surface area contributed by atoms with Crippen LogP contribution in [0.2, 0.25) is 0 Å². The lowest BCUT2D eigenvalue weighted by Gasteiger charge is -2.10. The zero-order chi connectivity index (χ0) is 21.3. The van der Waals surface area contributed by atoms with E-state index in [1.54, 1.807) is 43.3 Å². The van der Waals surface area contributed by atoms with Gasteiger partial charge in [-0.15, -0.1) is 0 Å². The number of hydrogen-bond donors (Lipinski definition) is 1. The average molecular weight is 422 g/mol. The Morgan fingerprint density at radius 3 is 2.43 bits per heavy atom. The number of sulfonamides is 1. The monoisotopic (exact) mass is 421 g/mol. The van der Waals surface area contributed by atoms with Crippen LogP contribution >= 0.6 is 0 Å². The number of benzene rings is 2. The molecule has 0 atom stereocenters. The molecule has 0 saturated carbocycles. The van der Waals surface area contributed by atoms with E-state index in [0.29, 0.717) is 11.4 Å². The molecule has 8 heteroatoms. The molecule has 30 heavy (non-hydrogen) atoms. The van der Waals surface area contributed by atoms with Gasteiger partial charge >= 0.3 is 0 Å². The maximum absolute atomic E-state index is 12.8. The van der Waals surface area contributed by atoms with Crippen molar-refractivity contribution in [1.82, 2.24) is 19.3 Å². The van der Waals surface area contributed by atoms with Gasteiger partial charge in [-0.05, 0) is 48.7 Å². The molecule has 7 nitrogen and oxygen atoms in total. The standard InChI is InChI=1S/C22H23N5O2S/c1-16-22(17(2)26(3)24-16)25-30(28,29)21-9-7-19(8-10-21)20-6-4-5-18(13-20)14-27-12-11-23-15-27/h4-13,15,25H,14H2,1-3H3. The molecule has 0 saturated heterocycles. The second-order valence-electron chi connectivity index (χ2n) is 7.23. The fraction of sp³-hybridized carbons (Fsp3) is 0.182. The van der Waals surface area contributed by atoms with Gasteiger partial charge in [0.1, 0.15) is 0 Å². The Morgan fingerprint density at radius 2 is 1.80 bits per heavy atom. The maximum Gasteiger partial charge on any atom is 0.262 e. The minimum atomic E-state index is -3.70. The van der Waals surface area contributed by atoms with Crippen LogP contribution in [-0.4, -0.2) is 27.7 Å². The van der Waals surface area contributed by atoms with E-state index in [1.807, 2.05) is 42.0 Å². The summed E-state index contributed by atoms with van der Waals surface area (Å²) in [6, 6.07) is 15.1. The van der Waals surface area contributed by atoms with Gasteiger partial charge in [0.15, 0.2) is 0 Å². The van der Waals surface area contributed by atoms with Crippen molar-refractivity contribution >= 4 is 15.7 Å². The number of nitrogens with one attached hydrogen (secondary N) is 1. The van der Waals surface area contributed by atoms with E-state index in [9.17, 15) is 8.42 Å². The smallest absolute Gasteiger partial charge is 0.262 e. The summed E-state index contributed by atoms with van der Waals surface area (Å²) in [6.45, 7) is 4.34. The Labute approximate surface area is 176 Å². The van der Waals surface area contributed by atoms with Crippen LogP contribution in [0.1, 0.15) is 17.0 Å². The summed E-state index contributed by atoms with van der Waals surface area (Å²) in [5.74, 6) is 0. The van der Waals surface area contributed by atoms with Gasteiger partial charge in [0.05, 0.1) is 28.3 Å². The lowest BCUT2D eigenvalue weighted by atomic mass is 10.0. The molecule has 0 radical (unpaired) electrons. The van der Waals surface area contributed by atoms with Crippen LogP contribution in [0.5, 0.6) is 0 Å². The molecule has 0 unspecified atom stereocenters. The second kappa shape index (κ2) is 7.79. The summed E-state index contributed by atoms with van der Waals surface area (Å²) in [5.41, 5.74) is 5.06. The van der Waals surface area contributed by atoms with Crippen molar-refractivity contribution in [3.05, 3.63) is 84.2 Å². The van der Waals surface area contributed by atoms with Crippen LogP contribution in [-0.2, 0) is 23.6 Å². The van der Waals surface area contributed by atoms with Gasteiger partial charge in [-0.3, -0.25) is 9.40 Å². The van der Waals surface area contributed by atoms with Crippen LogP contribution in [0.25, 0.3) is 11.1 Å². The van der Waals surface area contributed by atoms with Crippen LogP contribution in [0.3, 0.4) is 0 Å². The Balaban J connectivity index is 1.57. The molecule has 0 fully saturated rings. The summed E-state index contributed by atoms with van der Waals surface area (Å²) >= 11 is 0. The van der Waals surface area contributed by atoms with Gasteiger partial charge in [-0.1, -0.05) is 30.3 Å².